The van der Waals surface area contributed by atoms with Crippen LogP contribution >= 0.6 is 23.5 Å². The van der Waals surface area contributed by atoms with Crippen LogP contribution in [0.1, 0.15) is 8.97 Å². The van der Waals surface area contributed by atoms with E-state index < -0.39 is 82.4 Å². The summed E-state index contributed by atoms with van der Waals surface area (Å²) in [4.78, 5) is 53.9. The number of aliphatic hydroxyl groups excluding tert-OH is 1. The molecule has 18 nitrogen and oxygen atoms in total. The molecule has 0 aromatic carbocycles. The normalized spacial score (nSPS) is 29.7. The van der Waals surface area contributed by atoms with Gasteiger partial charge in [0.05, 0.1) is 9.30 Å². The van der Waals surface area contributed by atoms with Crippen LogP contribution in [0.25, 0.3) is 11.0 Å². The van der Waals surface area contributed by atoms with Gasteiger partial charge in [-0.05, 0) is 0 Å². The summed E-state index contributed by atoms with van der Waals surface area (Å²) in [7, 11) is -17.8. The molecular formula is C13H17FN5O13P3. The Morgan fingerprint density at radius 1 is 1.34 bits per heavy atom. The van der Waals surface area contributed by atoms with Crippen LogP contribution in [-0.2, 0) is 31.6 Å². The highest BCUT2D eigenvalue weighted by atomic mass is 31.3. The molecule has 0 aliphatic carbocycles. The highest BCUT2D eigenvalue weighted by molar-refractivity contribution is 7.66. The van der Waals surface area contributed by atoms with Gasteiger partial charge >= 0.3 is 23.5 Å². The Balaban J connectivity index is 1.99. The third-order valence-corrected chi connectivity index (χ3v) is 7.98. The van der Waals surface area contributed by atoms with E-state index >= 15 is 0 Å². The molecule has 3 rings (SSSR count). The van der Waals surface area contributed by atoms with Crippen LogP contribution in [0.3, 0.4) is 0 Å². The van der Waals surface area contributed by atoms with Crippen LogP contribution in [0, 0.1) is 18.2 Å². The Labute approximate surface area is 195 Å². The van der Waals surface area contributed by atoms with Gasteiger partial charge in [0.1, 0.15) is 17.6 Å². The number of halogens is 1. The van der Waals surface area contributed by atoms with Gasteiger partial charge in [-0.1, -0.05) is 5.92 Å². The second kappa shape index (κ2) is 9.14. The first-order valence-electron chi connectivity index (χ1n) is 9.63. The van der Waals surface area contributed by atoms with Crippen LogP contribution in [0.2, 0.25) is 0 Å². The lowest BCUT2D eigenvalue weighted by molar-refractivity contribution is -0.0437. The topological polar surface area (TPSA) is 292 Å². The van der Waals surface area contributed by atoms with Crippen molar-refractivity contribution in [2.45, 2.75) is 24.0 Å². The van der Waals surface area contributed by atoms with Gasteiger partial charge in [-0.25, -0.2) is 18.1 Å². The summed E-state index contributed by atoms with van der Waals surface area (Å²) < 4.78 is 81.8. The molecule has 2 aromatic heterocycles. The number of nitrogens with two attached hydrogens (primary N) is 2. The zero-order valence-electron chi connectivity index (χ0n) is 18.7. The number of nitrogens with one attached hydrogen (secondary N) is 1. The monoisotopic (exact) mass is 565 g/mol. The van der Waals surface area contributed by atoms with Crippen LogP contribution < -0.4 is 17.0 Å². The molecule has 22 heteroatoms. The van der Waals surface area contributed by atoms with Crippen LogP contribution in [-0.4, -0.2) is 63.5 Å². The van der Waals surface area contributed by atoms with Gasteiger partial charge < -0.3 is 40.9 Å². The van der Waals surface area contributed by atoms with E-state index in [1.54, 1.807) is 0 Å². The van der Waals surface area contributed by atoms with Crippen molar-refractivity contribution in [3.63, 3.8) is 0 Å². The number of aliphatic hydroxyl groups is 1. The number of aromatic nitrogens is 3. The van der Waals surface area contributed by atoms with Gasteiger partial charge in [-0.2, -0.15) is 13.6 Å². The summed E-state index contributed by atoms with van der Waals surface area (Å²) in [6.45, 7) is -3.67. The van der Waals surface area contributed by atoms with Gasteiger partial charge in [0.25, 0.3) is 5.56 Å². The van der Waals surface area contributed by atoms with E-state index in [4.69, 9.17) is 35.2 Å². The number of hydrogen-bond acceptors (Lipinski definition) is 12. The standard InChI is InChI=1S/C13H17FN5O13P3/c1-2-13(16)8(20)6(4-29-34(25,26)32-35(27,28)31-33(22,23)24)30-11(13)19-3-5(14)7-9(19)17-12(15)18-10(7)21/h1,3,6,8,11,20H,4,16H2,(H,25,26)(H,27,28)(H2,22,23,24)(H3,15,17,18,21)/t6-,8+,11-,13?/m1/s1/i4D2. The van der Waals surface area contributed by atoms with E-state index in [9.17, 15) is 37.8 Å². The molecule has 2 aromatic rings. The van der Waals surface area contributed by atoms with Crippen molar-refractivity contribution < 1.29 is 63.4 Å². The van der Waals surface area contributed by atoms with Gasteiger partial charge in [-0.3, -0.25) is 18.9 Å². The number of rotatable bonds is 8. The molecule has 1 aliphatic heterocycles. The number of fused-ring (bicyclic) bond motifs is 1. The molecule has 194 valence electrons. The number of phosphoric acid groups is 3. The lowest BCUT2D eigenvalue weighted by Crippen LogP contribution is -2.53. The maximum absolute atomic E-state index is 14.5. The van der Waals surface area contributed by atoms with Crippen molar-refractivity contribution in [3.05, 3.63) is 22.4 Å². The summed E-state index contributed by atoms with van der Waals surface area (Å²) in [6, 6.07) is 0. The molecule has 1 aliphatic rings. The largest absolute Gasteiger partial charge is 0.490 e. The second-order valence-corrected chi connectivity index (χ2v) is 11.1. The Kier molecular flexibility index (Phi) is 6.45. The van der Waals surface area contributed by atoms with Crippen molar-refractivity contribution >= 4 is 40.4 Å². The molecule has 0 radical (unpaired) electrons. The number of anilines is 1. The third-order valence-electron chi connectivity index (χ3n) is 4.32. The van der Waals surface area contributed by atoms with E-state index in [-0.39, 0.29) is 0 Å². The van der Waals surface area contributed by atoms with Crippen molar-refractivity contribution in [1.29, 1.82) is 0 Å². The minimum Gasteiger partial charge on any atom is -0.387 e. The fourth-order valence-corrected chi connectivity index (χ4v) is 5.87. The van der Waals surface area contributed by atoms with Crippen LogP contribution in [0.15, 0.2) is 11.0 Å². The van der Waals surface area contributed by atoms with Crippen molar-refractivity contribution in [2.75, 3.05) is 12.3 Å². The quantitative estimate of drug-likeness (QED) is 0.132. The molecule has 3 heterocycles. The summed E-state index contributed by atoms with van der Waals surface area (Å²) in [6.07, 6.45) is -0.691. The zero-order chi connectivity index (χ0) is 28.4. The molecular weight excluding hydrogens is 546 g/mol. The second-order valence-electron chi connectivity index (χ2n) is 6.77. The smallest absolute Gasteiger partial charge is 0.387 e. The first-order chi connectivity index (χ1) is 16.6. The summed E-state index contributed by atoms with van der Waals surface area (Å²) in [5.41, 5.74) is 7.47. The molecule has 6 atom stereocenters. The Hall–Kier alpha value is -2.00. The van der Waals surface area contributed by atoms with Gasteiger partial charge in [-0.15, -0.1) is 6.42 Å². The number of H-pyrrole nitrogens is 1. The van der Waals surface area contributed by atoms with E-state index in [0.29, 0.717) is 10.8 Å². The van der Waals surface area contributed by atoms with E-state index in [0.717, 1.165) is 0 Å². The summed E-state index contributed by atoms with van der Waals surface area (Å²) in [5, 5.41) is 10.0. The number of hydrogen-bond donors (Lipinski definition) is 8. The lowest BCUT2D eigenvalue weighted by Gasteiger charge is -2.27. The SMILES string of the molecule is [2H]C([2H])(OP(=O)(O)OP(=O)(O)OP(=O)(O)O)[C@H]1O[C@@H](n2cc(F)c3c(=O)[nH]c(N)nc32)C(N)(C#C)[C@H]1O. The highest BCUT2D eigenvalue weighted by Crippen LogP contribution is 2.66. The van der Waals surface area contributed by atoms with Crippen molar-refractivity contribution in [3.8, 4) is 12.3 Å². The molecule has 0 spiro atoms. The number of ether oxygens (including phenoxy) is 1. The molecule has 10 N–H and O–H groups in total. The Morgan fingerprint density at radius 3 is 2.54 bits per heavy atom. The number of nitrogen functional groups attached to an aromatic ring is 1. The number of aromatic amines is 1. The lowest BCUT2D eigenvalue weighted by atomic mass is 9.92. The zero-order valence-corrected chi connectivity index (χ0v) is 19.3. The van der Waals surface area contributed by atoms with Gasteiger partial charge in [0.15, 0.2) is 23.2 Å². The first-order valence-corrected chi connectivity index (χ1v) is 13.1. The maximum atomic E-state index is 14.5. The van der Waals surface area contributed by atoms with E-state index in [2.05, 4.69) is 18.1 Å². The molecule has 0 saturated carbocycles. The van der Waals surface area contributed by atoms with E-state index in [1.807, 2.05) is 10.9 Å². The molecule has 1 saturated heterocycles. The first kappa shape index (κ1) is 24.7. The number of nitrogens with zero attached hydrogens (tertiary/aromatic N) is 2. The fourth-order valence-electron chi connectivity index (χ4n) is 2.99. The molecule has 0 amide bonds. The summed E-state index contributed by atoms with van der Waals surface area (Å²) >= 11 is 0. The average molecular weight is 565 g/mol. The van der Waals surface area contributed by atoms with Crippen molar-refractivity contribution in [1.82, 2.24) is 14.5 Å². The number of terminal acetylenes is 1. The molecule has 35 heavy (non-hydrogen) atoms. The van der Waals surface area contributed by atoms with Crippen LogP contribution in [0.5, 0.6) is 0 Å². The molecule has 1 fully saturated rings. The van der Waals surface area contributed by atoms with Crippen LogP contribution in [0.4, 0.5) is 10.3 Å². The summed E-state index contributed by atoms with van der Waals surface area (Å²) in [5.74, 6) is 0.242. The van der Waals surface area contributed by atoms with E-state index in [1.165, 1.54) is 0 Å². The predicted molar refractivity (Wildman–Crippen MR) is 110 cm³/mol. The third kappa shape index (κ3) is 5.71. The van der Waals surface area contributed by atoms with Gasteiger partial charge in [0.2, 0.25) is 5.95 Å². The highest BCUT2D eigenvalue weighted by Gasteiger charge is 2.55. The Bertz CT molecular complexity index is 1490. The average Bonchev–Trinajstić information content (AvgIpc) is 3.12. The molecule has 0 bridgehead atoms. The molecule has 3 unspecified atom stereocenters. The van der Waals surface area contributed by atoms with Gasteiger partial charge in [0, 0.05) is 6.20 Å². The fraction of sp³-hybridized carbons (Fsp3) is 0.385. The van der Waals surface area contributed by atoms with Crippen molar-refractivity contribution in [2.24, 2.45) is 5.73 Å². The minimum absolute atomic E-state index is 0.488. The Morgan fingerprint density at radius 2 is 1.97 bits per heavy atom. The maximum Gasteiger partial charge on any atom is 0.490 e. The minimum atomic E-state index is -6.07. The predicted octanol–water partition coefficient (Wildman–Crippen LogP) is -1.62. The number of phosphoric ester groups is 1.